The minimum Gasteiger partial charge on any atom is -0.369 e. The molecule has 0 atom stereocenters. The Hall–Kier alpha value is -3.72. The minimum absolute atomic E-state index is 0.00338. The van der Waals surface area contributed by atoms with Gasteiger partial charge in [-0.2, -0.15) is 0 Å². The molecule has 1 aromatic heterocycles. The first-order valence-corrected chi connectivity index (χ1v) is 14.1. The fourth-order valence-electron chi connectivity index (χ4n) is 4.64. The lowest BCUT2D eigenvalue weighted by molar-refractivity contribution is -0.123. The summed E-state index contributed by atoms with van der Waals surface area (Å²) in [4.78, 5) is 31.0. The molecule has 200 valence electrons. The lowest BCUT2D eigenvalue weighted by atomic mass is 9.96. The van der Waals surface area contributed by atoms with E-state index in [2.05, 4.69) is 27.7 Å². The van der Waals surface area contributed by atoms with Crippen molar-refractivity contribution in [2.24, 2.45) is 11.7 Å². The van der Waals surface area contributed by atoms with Crippen LogP contribution in [0.4, 0.5) is 10.5 Å². The van der Waals surface area contributed by atoms with Gasteiger partial charge in [-0.25, -0.2) is 9.78 Å². The van der Waals surface area contributed by atoms with Gasteiger partial charge in [-0.1, -0.05) is 60.1 Å². The molecule has 1 fully saturated rings. The summed E-state index contributed by atoms with van der Waals surface area (Å²) in [6.07, 6.45) is 1.65. The van der Waals surface area contributed by atoms with E-state index in [1.165, 1.54) is 5.56 Å². The average Bonchev–Trinajstić information content (AvgIpc) is 3.44. The van der Waals surface area contributed by atoms with Crippen LogP contribution in [0.3, 0.4) is 0 Å². The molecule has 7 nitrogen and oxygen atoms in total. The number of halogens is 1. The van der Waals surface area contributed by atoms with E-state index in [1.54, 1.807) is 11.3 Å². The van der Waals surface area contributed by atoms with Gasteiger partial charge in [-0.05, 0) is 61.3 Å². The predicted molar refractivity (Wildman–Crippen MR) is 157 cm³/mol. The SMILES string of the molecule is NC(=O)C1CCN(Cc2ccc(CNC(=O)Nc3cccc(-c4nc(-c5ccc(Cl)cc5)cs4)c3)cc2)CC1. The number of rotatable bonds is 8. The number of nitrogens with two attached hydrogens (primary N) is 1. The molecule has 3 amide bonds. The largest absolute Gasteiger partial charge is 0.369 e. The number of likely N-dealkylation sites (tertiary alicyclic amines) is 1. The molecule has 0 bridgehead atoms. The summed E-state index contributed by atoms with van der Waals surface area (Å²) in [5, 5.41) is 9.43. The molecule has 4 N–H and O–H groups in total. The zero-order chi connectivity index (χ0) is 27.2. The lowest BCUT2D eigenvalue weighted by Gasteiger charge is -2.30. The number of amides is 3. The van der Waals surface area contributed by atoms with Crippen molar-refractivity contribution >= 4 is 40.6 Å². The van der Waals surface area contributed by atoms with Gasteiger partial charge in [0.2, 0.25) is 5.91 Å². The van der Waals surface area contributed by atoms with Gasteiger partial charge in [0, 0.05) is 46.2 Å². The smallest absolute Gasteiger partial charge is 0.319 e. The molecule has 3 aromatic carbocycles. The third kappa shape index (κ3) is 7.23. The van der Waals surface area contributed by atoms with Crippen molar-refractivity contribution in [1.82, 2.24) is 15.2 Å². The first-order chi connectivity index (χ1) is 18.9. The molecule has 4 aromatic rings. The van der Waals surface area contributed by atoms with Gasteiger partial charge in [0.25, 0.3) is 0 Å². The van der Waals surface area contributed by atoms with Gasteiger partial charge < -0.3 is 16.4 Å². The second-order valence-electron chi connectivity index (χ2n) is 9.70. The summed E-state index contributed by atoms with van der Waals surface area (Å²) in [6, 6.07) is 23.3. The van der Waals surface area contributed by atoms with E-state index >= 15 is 0 Å². The highest BCUT2D eigenvalue weighted by atomic mass is 35.5. The Morgan fingerprint density at radius 1 is 0.974 bits per heavy atom. The highest BCUT2D eigenvalue weighted by Crippen LogP contribution is 2.30. The number of primary amides is 1. The van der Waals surface area contributed by atoms with Crippen LogP contribution in [0, 0.1) is 5.92 Å². The molecule has 1 saturated heterocycles. The van der Waals surface area contributed by atoms with Crippen LogP contribution in [0.2, 0.25) is 5.02 Å². The highest BCUT2D eigenvalue weighted by Gasteiger charge is 2.22. The van der Waals surface area contributed by atoms with Gasteiger partial charge in [-0.3, -0.25) is 9.69 Å². The topological polar surface area (TPSA) is 100 Å². The number of nitrogens with zero attached hydrogens (tertiary/aromatic N) is 2. The van der Waals surface area contributed by atoms with E-state index < -0.39 is 0 Å². The summed E-state index contributed by atoms with van der Waals surface area (Å²) in [5.41, 5.74) is 11.2. The zero-order valence-corrected chi connectivity index (χ0v) is 23.0. The van der Waals surface area contributed by atoms with Crippen molar-refractivity contribution in [2.75, 3.05) is 18.4 Å². The maximum atomic E-state index is 12.6. The lowest BCUT2D eigenvalue weighted by Crippen LogP contribution is -2.38. The predicted octanol–water partition coefficient (Wildman–Crippen LogP) is 6.15. The maximum Gasteiger partial charge on any atom is 0.319 e. The van der Waals surface area contributed by atoms with Crippen LogP contribution in [-0.2, 0) is 17.9 Å². The number of urea groups is 1. The zero-order valence-electron chi connectivity index (χ0n) is 21.4. The molecule has 1 aliphatic heterocycles. The van der Waals surface area contributed by atoms with Crippen LogP contribution in [0.1, 0.15) is 24.0 Å². The highest BCUT2D eigenvalue weighted by molar-refractivity contribution is 7.13. The summed E-state index contributed by atoms with van der Waals surface area (Å²) in [6.45, 7) is 3.03. The number of aromatic nitrogens is 1. The van der Waals surface area contributed by atoms with Crippen LogP contribution < -0.4 is 16.4 Å². The fourth-order valence-corrected chi connectivity index (χ4v) is 5.60. The van der Waals surface area contributed by atoms with E-state index in [1.807, 2.05) is 66.0 Å². The summed E-state index contributed by atoms with van der Waals surface area (Å²) in [5.74, 6) is -0.185. The second kappa shape index (κ2) is 12.4. The first kappa shape index (κ1) is 26.9. The van der Waals surface area contributed by atoms with Gasteiger partial charge in [0.15, 0.2) is 0 Å². The summed E-state index contributed by atoms with van der Waals surface area (Å²) in [7, 11) is 0. The number of hydrogen-bond acceptors (Lipinski definition) is 5. The van der Waals surface area contributed by atoms with Crippen molar-refractivity contribution in [1.29, 1.82) is 0 Å². The van der Waals surface area contributed by atoms with Crippen LogP contribution in [0.25, 0.3) is 21.8 Å². The molecule has 5 rings (SSSR count). The van der Waals surface area contributed by atoms with Gasteiger partial charge in [-0.15, -0.1) is 11.3 Å². The van der Waals surface area contributed by atoms with Crippen LogP contribution in [0.15, 0.2) is 78.2 Å². The van der Waals surface area contributed by atoms with Crippen molar-refractivity contribution < 1.29 is 9.59 Å². The van der Waals surface area contributed by atoms with Gasteiger partial charge in [0.1, 0.15) is 5.01 Å². The molecular weight excluding hydrogens is 530 g/mol. The number of anilines is 1. The van der Waals surface area contributed by atoms with Crippen LogP contribution in [0.5, 0.6) is 0 Å². The molecule has 0 unspecified atom stereocenters. The number of thiazole rings is 1. The molecular formula is C30H30ClN5O2S. The van der Waals surface area contributed by atoms with Gasteiger partial charge >= 0.3 is 6.03 Å². The monoisotopic (exact) mass is 559 g/mol. The first-order valence-electron chi connectivity index (χ1n) is 12.9. The van der Waals surface area contributed by atoms with Crippen molar-refractivity contribution in [2.45, 2.75) is 25.9 Å². The average molecular weight is 560 g/mol. The molecule has 39 heavy (non-hydrogen) atoms. The Morgan fingerprint density at radius 3 is 2.41 bits per heavy atom. The Bertz CT molecular complexity index is 1430. The van der Waals surface area contributed by atoms with E-state index in [9.17, 15) is 9.59 Å². The molecule has 2 heterocycles. The molecule has 0 aliphatic carbocycles. The quantitative estimate of drug-likeness (QED) is 0.241. The van der Waals surface area contributed by atoms with Crippen molar-refractivity contribution in [3.05, 3.63) is 94.3 Å². The fraction of sp³-hybridized carbons (Fsp3) is 0.233. The number of hydrogen-bond donors (Lipinski definition) is 3. The number of carbonyl (C=O) groups excluding carboxylic acids is 2. The molecule has 0 spiro atoms. The van der Waals surface area contributed by atoms with Gasteiger partial charge in [0.05, 0.1) is 5.69 Å². The van der Waals surface area contributed by atoms with E-state index in [4.69, 9.17) is 22.3 Å². The Kier molecular flexibility index (Phi) is 8.56. The second-order valence-corrected chi connectivity index (χ2v) is 11.0. The molecule has 9 heteroatoms. The van der Waals surface area contributed by atoms with Crippen LogP contribution in [-0.4, -0.2) is 34.9 Å². The third-order valence-corrected chi connectivity index (χ3v) is 8.03. The Balaban J connectivity index is 1.11. The number of nitrogens with one attached hydrogen (secondary N) is 2. The normalized spacial score (nSPS) is 14.2. The van der Waals surface area contributed by atoms with E-state index in [0.717, 1.165) is 59.9 Å². The standard InChI is InChI=1S/C30H30ClN5O2S/c31-25-10-8-22(9-11-25)27-19-39-29(35-27)24-2-1-3-26(16-24)34-30(38)33-17-20-4-6-21(7-5-20)18-36-14-12-23(13-15-36)28(32)37/h1-11,16,19,23H,12-15,17-18H2,(H2,32,37)(H2,33,34,38). The maximum absolute atomic E-state index is 12.6. The van der Waals surface area contributed by atoms with Crippen molar-refractivity contribution in [3.8, 4) is 21.8 Å². The molecule has 0 radical (unpaired) electrons. The Morgan fingerprint density at radius 2 is 1.69 bits per heavy atom. The number of piperidine rings is 1. The van der Waals surface area contributed by atoms with E-state index in [0.29, 0.717) is 17.3 Å². The minimum atomic E-state index is -0.269. The molecule has 1 aliphatic rings. The Labute approximate surface area is 237 Å². The van der Waals surface area contributed by atoms with Crippen molar-refractivity contribution in [3.63, 3.8) is 0 Å². The number of carbonyl (C=O) groups is 2. The number of benzene rings is 3. The third-order valence-electron chi connectivity index (χ3n) is 6.88. The van der Waals surface area contributed by atoms with Crippen LogP contribution >= 0.6 is 22.9 Å². The molecule has 0 saturated carbocycles. The van der Waals surface area contributed by atoms with E-state index in [-0.39, 0.29) is 17.9 Å². The summed E-state index contributed by atoms with van der Waals surface area (Å²) < 4.78 is 0. The summed E-state index contributed by atoms with van der Waals surface area (Å²) >= 11 is 7.55.